The van der Waals surface area contributed by atoms with E-state index in [0.29, 0.717) is 18.4 Å². The number of fused-ring (bicyclic) bond motifs is 2. The third-order valence-corrected chi connectivity index (χ3v) is 4.86. The fraction of sp³-hybridized carbons (Fsp3) is 0.562. The summed E-state index contributed by atoms with van der Waals surface area (Å²) >= 11 is 0. The maximum atomic E-state index is 12.6. The van der Waals surface area contributed by atoms with Crippen molar-refractivity contribution >= 4 is 5.91 Å². The quantitative estimate of drug-likeness (QED) is 0.901. The van der Waals surface area contributed by atoms with Crippen LogP contribution in [0.5, 0.6) is 0 Å². The van der Waals surface area contributed by atoms with Crippen molar-refractivity contribution in [2.75, 3.05) is 6.54 Å². The Kier molecular flexibility index (Phi) is 3.68. The van der Waals surface area contributed by atoms with Gasteiger partial charge in [-0.25, -0.2) is 0 Å². The summed E-state index contributed by atoms with van der Waals surface area (Å²) < 4.78 is 37.9. The minimum atomic E-state index is -4.42. The lowest BCUT2D eigenvalue weighted by atomic mass is 9.89. The molecule has 21 heavy (non-hydrogen) atoms. The predicted octanol–water partition coefficient (Wildman–Crippen LogP) is 3.87. The van der Waals surface area contributed by atoms with Crippen LogP contribution < -0.4 is 5.32 Å². The second-order valence-corrected chi connectivity index (χ2v) is 6.22. The second kappa shape index (κ2) is 5.35. The van der Waals surface area contributed by atoms with E-state index in [-0.39, 0.29) is 5.56 Å². The average Bonchev–Trinajstić information content (AvgIpc) is 3.06. The van der Waals surface area contributed by atoms with Crippen LogP contribution in [0.2, 0.25) is 0 Å². The van der Waals surface area contributed by atoms with Gasteiger partial charge >= 0.3 is 6.18 Å². The van der Waals surface area contributed by atoms with Crippen LogP contribution in [0.15, 0.2) is 24.3 Å². The molecule has 1 aromatic carbocycles. The number of carbonyl (C=O) groups excluding carboxylic acids is 1. The summed E-state index contributed by atoms with van der Waals surface area (Å²) in [6.45, 7) is 0.580. The van der Waals surface area contributed by atoms with Crippen molar-refractivity contribution in [3.63, 3.8) is 0 Å². The maximum absolute atomic E-state index is 12.6. The summed E-state index contributed by atoms with van der Waals surface area (Å²) in [4.78, 5) is 12.0. The molecule has 0 saturated heterocycles. The fourth-order valence-corrected chi connectivity index (χ4v) is 3.79. The van der Waals surface area contributed by atoms with Crippen molar-refractivity contribution in [2.45, 2.75) is 31.9 Å². The largest absolute Gasteiger partial charge is 0.416 e. The summed E-state index contributed by atoms with van der Waals surface area (Å²) in [6.07, 6.45) is 0.510. The summed E-state index contributed by atoms with van der Waals surface area (Å²) in [5, 5.41) is 2.80. The number of benzene rings is 1. The molecule has 2 fully saturated rings. The van der Waals surface area contributed by atoms with Crippen LogP contribution in [-0.4, -0.2) is 12.5 Å². The monoisotopic (exact) mass is 297 g/mol. The van der Waals surface area contributed by atoms with E-state index in [1.54, 1.807) is 0 Å². The van der Waals surface area contributed by atoms with E-state index in [2.05, 4.69) is 5.32 Å². The molecule has 0 spiro atoms. The third kappa shape index (κ3) is 3.06. The van der Waals surface area contributed by atoms with Gasteiger partial charge in [-0.15, -0.1) is 0 Å². The lowest BCUT2D eigenvalue weighted by molar-refractivity contribution is -0.137. The van der Waals surface area contributed by atoms with Gasteiger partial charge in [0.2, 0.25) is 0 Å². The van der Waals surface area contributed by atoms with Crippen molar-refractivity contribution < 1.29 is 18.0 Å². The molecule has 1 amide bonds. The Morgan fingerprint density at radius 1 is 1.24 bits per heavy atom. The molecule has 0 radical (unpaired) electrons. The molecule has 5 heteroatoms. The molecule has 1 N–H and O–H groups in total. The topological polar surface area (TPSA) is 29.1 Å². The Bertz CT molecular complexity index is 541. The average molecular weight is 297 g/mol. The van der Waals surface area contributed by atoms with Gasteiger partial charge in [0.15, 0.2) is 0 Å². The van der Waals surface area contributed by atoms with Gasteiger partial charge in [-0.05, 0) is 55.2 Å². The van der Waals surface area contributed by atoms with Crippen LogP contribution >= 0.6 is 0 Å². The smallest absolute Gasteiger partial charge is 0.352 e. The molecule has 2 nitrogen and oxygen atoms in total. The van der Waals surface area contributed by atoms with Crippen molar-refractivity contribution in [1.82, 2.24) is 5.32 Å². The lowest BCUT2D eigenvalue weighted by Gasteiger charge is -2.21. The molecule has 2 bridgehead atoms. The van der Waals surface area contributed by atoms with Gasteiger partial charge in [0.05, 0.1) is 5.56 Å². The molecule has 0 aliphatic heterocycles. The van der Waals surface area contributed by atoms with E-state index < -0.39 is 17.6 Å². The molecule has 2 saturated carbocycles. The number of hydrogen-bond donors (Lipinski definition) is 1. The fourth-order valence-electron chi connectivity index (χ4n) is 3.79. The van der Waals surface area contributed by atoms with Crippen LogP contribution in [-0.2, 0) is 6.18 Å². The molecule has 0 heterocycles. The number of hydrogen-bond acceptors (Lipinski definition) is 1. The first-order valence-electron chi connectivity index (χ1n) is 7.39. The van der Waals surface area contributed by atoms with Crippen LogP contribution in [0.25, 0.3) is 0 Å². The van der Waals surface area contributed by atoms with E-state index in [9.17, 15) is 18.0 Å². The van der Waals surface area contributed by atoms with Crippen molar-refractivity contribution in [3.05, 3.63) is 35.4 Å². The van der Waals surface area contributed by atoms with Crippen molar-refractivity contribution in [2.24, 2.45) is 17.8 Å². The highest BCUT2D eigenvalue weighted by Crippen LogP contribution is 2.47. The SMILES string of the molecule is O=C(NC[C@@H]1C[C@H]2CC[C@H]1C2)c1cccc(C(F)(F)F)c1. The first-order valence-corrected chi connectivity index (χ1v) is 7.39. The molecule has 0 unspecified atom stereocenters. The van der Waals surface area contributed by atoms with E-state index >= 15 is 0 Å². The van der Waals surface area contributed by atoms with E-state index in [0.717, 1.165) is 24.5 Å². The van der Waals surface area contributed by atoms with Gasteiger partial charge in [0, 0.05) is 12.1 Å². The zero-order valence-corrected chi connectivity index (χ0v) is 11.6. The van der Waals surface area contributed by atoms with Crippen molar-refractivity contribution in [3.8, 4) is 0 Å². The Morgan fingerprint density at radius 2 is 2.05 bits per heavy atom. The number of amides is 1. The zero-order chi connectivity index (χ0) is 15.0. The molecule has 3 atom stereocenters. The minimum absolute atomic E-state index is 0.0768. The van der Waals surface area contributed by atoms with Crippen LogP contribution in [0.4, 0.5) is 13.2 Å². The Balaban J connectivity index is 1.60. The highest BCUT2D eigenvalue weighted by molar-refractivity contribution is 5.94. The Hall–Kier alpha value is -1.52. The Labute approximate surface area is 121 Å². The highest BCUT2D eigenvalue weighted by atomic mass is 19.4. The number of alkyl halides is 3. The molecular formula is C16H18F3NO. The highest BCUT2D eigenvalue weighted by Gasteiger charge is 2.39. The number of nitrogens with one attached hydrogen (secondary N) is 1. The second-order valence-electron chi connectivity index (χ2n) is 6.22. The van der Waals surface area contributed by atoms with Crippen molar-refractivity contribution in [1.29, 1.82) is 0 Å². The molecule has 114 valence electrons. The number of halogens is 3. The molecule has 3 rings (SSSR count). The summed E-state index contributed by atoms with van der Waals surface area (Å²) in [6, 6.07) is 4.59. The summed E-state index contributed by atoms with van der Waals surface area (Å²) in [5.74, 6) is 1.57. The van der Waals surface area contributed by atoms with Gasteiger partial charge in [0.25, 0.3) is 5.91 Å². The van der Waals surface area contributed by atoms with E-state index in [1.165, 1.54) is 31.4 Å². The summed E-state index contributed by atoms with van der Waals surface area (Å²) in [7, 11) is 0. The van der Waals surface area contributed by atoms with Gasteiger partial charge in [-0.3, -0.25) is 4.79 Å². The maximum Gasteiger partial charge on any atom is 0.416 e. The standard InChI is InChI=1S/C16H18F3NO/c17-16(18,19)14-3-1-2-12(8-14)15(21)20-9-13-7-10-4-5-11(13)6-10/h1-3,8,10-11,13H,4-7,9H2,(H,20,21)/t10-,11-,13-/m0/s1. The van der Waals surface area contributed by atoms with Crippen LogP contribution in [0, 0.1) is 17.8 Å². The van der Waals surface area contributed by atoms with Gasteiger partial charge in [-0.1, -0.05) is 12.5 Å². The van der Waals surface area contributed by atoms with E-state index in [1.807, 2.05) is 0 Å². The molecular weight excluding hydrogens is 279 g/mol. The minimum Gasteiger partial charge on any atom is -0.352 e. The lowest BCUT2D eigenvalue weighted by Crippen LogP contribution is -2.31. The van der Waals surface area contributed by atoms with Gasteiger partial charge < -0.3 is 5.32 Å². The predicted molar refractivity (Wildman–Crippen MR) is 72.7 cm³/mol. The number of carbonyl (C=O) groups is 1. The molecule has 2 aliphatic rings. The molecule has 2 aliphatic carbocycles. The summed E-state index contributed by atoms with van der Waals surface area (Å²) in [5.41, 5.74) is -0.706. The first kappa shape index (κ1) is 14.4. The van der Waals surface area contributed by atoms with E-state index in [4.69, 9.17) is 0 Å². The molecule has 1 aromatic rings. The number of rotatable bonds is 3. The van der Waals surface area contributed by atoms with Gasteiger partial charge in [-0.2, -0.15) is 13.2 Å². The van der Waals surface area contributed by atoms with Gasteiger partial charge in [0.1, 0.15) is 0 Å². The normalized spacial score (nSPS) is 27.9. The van der Waals surface area contributed by atoms with Crippen LogP contribution in [0.3, 0.4) is 0 Å². The zero-order valence-electron chi connectivity index (χ0n) is 11.6. The third-order valence-electron chi connectivity index (χ3n) is 4.86. The Morgan fingerprint density at radius 3 is 2.67 bits per heavy atom. The molecule has 0 aromatic heterocycles. The van der Waals surface area contributed by atoms with Crippen LogP contribution in [0.1, 0.15) is 41.6 Å². The first-order chi connectivity index (χ1) is 9.93.